The summed E-state index contributed by atoms with van der Waals surface area (Å²) in [7, 11) is 1.35. The molecule has 1 atom stereocenters. The first-order valence-electron chi connectivity index (χ1n) is 8.89. The van der Waals surface area contributed by atoms with Gasteiger partial charge in [-0.15, -0.1) is 0 Å². The molecule has 0 bridgehead atoms. The first kappa shape index (κ1) is 18.7. The van der Waals surface area contributed by atoms with Crippen molar-refractivity contribution in [3.8, 4) is 0 Å². The average molecular weight is 365 g/mol. The van der Waals surface area contributed by atoms with Crippen molar-refractivity contribution in [2.45, 2.75) is 20.4 Å². The quantitative estimate of drug-likeness (QED) is 0.615. The molecular formula is C22H23NO4. The lowest BCUT2D eigenvalue weighted by molar-refractivity contribution is -0.145. The summed E-state index contributed by atoms with van der Waals surface area (Å²) < 4.78 is 10.6. The number of rotatable bonds is 6. The van der Waals surface area contributed by atoms with Crippen molar-refractivity contribution >= 4 is 22.8 Å². The molecule has 0 radical (unpaired) electrons. The van der Waals surface area contributed by atoms with Crippen LogP contribution in [0.25, 0.3) is 11.0 Å². The summed E-state index contributed by atoms with van der Waals surface area (Å²) in [5.74, 6) is -0.762. The van der Waals surface area contributed by atoms with Gasteiger partial charge in [0.05, 0.1) is 13.0 Å². The highest BCUT2D eigenvalue weighted by Crippen LogP contribution is 2.23. The molecular weight excluding hydrogens is 342 g/mol. The fourth-order valence-electron chi connectivity index (χ4n) is 3.05. The molecule has 0 spiro atoms. The number of carbonyl (C=O) groups is 2. The van der Waals surface area contributed by atoms with Gasteiger partial charge in [0, 0.05) is 18.5 Å². The predicted molar refractivity (Wildman–Crippen MR) is 103 cm³/mol. The Kier molecular flexibility index (Phi) is 5.60. The van der Waals surface area contributed by atoms with Crippen molar-refractivity contribution < 1.29 is 18.7 Å². The zero-order valence-electron chi connectivity index (χ0n) is 15.8. The summed E-state index contributed by atoms with van der Waals surface area (Å²) in [6.45, 7) is 4.38. The lowest BCUT2D eigenvalue weighted by Gasteiger charge is -2.24. The minimum Gasteiger partial charge on any atom is -0.469 e. The van der Waals surface area contributed by atoms with E-state index in [4.69, 9.17) is 9.15 Å². The van der Waals surface area contributed by atoms with Crippen molar-refractivity contribution in [1.82, 2.24) is 4.90 Å². The number of aryl methyl sites for hydroxylation is 1. The normalized spacial score (nSPS) is 12.0. The summed E-state index contributed by atoms with van der Waals surface area (Å²) in [6.07, 6.45) is 0. The summed E-state index contributed by atoms with van der Waals surface area (Å²) >= 11 is 0. The molecule has 3 rings (SSSR count). The van der Waals surface area contributed by atoms with E-state index in [-0.39, 0.29) is 24.2 Å². The maximum absolute atomic E-state index is 13.1. The van der Waals surface area contributed by atoms with Gasteiger partial charge in [-0.25, -0.2) is 0 Å². The molecule has 2 aromatic carbocycles. The number of fused-ring (bicyclic) bond motifs is 1. The smallest absolute Gasteiger partial charge is 0.310 e. The molecule has 3 aromatic rings. The standard InChI is InChI=1S/C22H23NO4/c1-15-9-10-19-18(11-15)12-20(27-19)21(24)23(13-16(2)22(25)26-3)14-17-7-5-4-6-8-17/h4-12,16H,13-14H2,1-3H3. The number of methoxy groups -OCH3 is 1. The molecule has 0 aliphatic rings. The summed E-state index contributed by atoms with van der Waals surface area (Å²) in [5, 5.41) is 0.888. The molecule has 1 aromatic heterocycles. The van der Waals surface area contributed by atoms with E-state index in [1.54, 1.807) is 17.9 Å². The Balaban J connectivity index is 1.89. The van der Waals surface area contributed by atoms with Crippen LogP contribution < -0.4 is 0 Å². The molecule has 0 saturated carbocycles. The zero-order chi connectivity index (χ0) is 19.4. The van der Waals surface area contributed by atoms with Gasteiger partial charge >= 0.3 is 5.97 Å². The lowest BCUT2D eigenvalue weighted by Crippen LogP contribution is -2.36. The molecule has 0 N–H and O–H groups in total. The van der Waals surface area contributed by atoms with Gasteiger partial charge < -0.3 is 14.1 Å². The van der Waals surface area contributed by atoms with Gasteiger partial charge in [-0.05, 0) is 30.7 Å². The molecule has 140 valence electrons. The van der Waals surface area contributed by atoms with Crippen LogP contribution in [0, 0.1) is 12.8 Å². The third-order valence-corrected chi connectivity index (χ3v) is 4.48. The number of benzene rings is 2. The Bertz CT molecular complexity index is 945. The SMILES string of the molecule is COC(=O)C(C)CN(Cc1ccccc1)C(=O)c1cc2cc(C)ccc2o1. The van der Waals surface area contributed by atoms with Crippen LogP contribution in [-0.2, 0) is 16.1 Å². The van der Waals surface area contributed by atoms with Crippen molar-refractivity contribution in [2.75, 3.05) is 13.7 Å². The van der Waals surface area contributed by atoms with Gasteiger partial charge in [-0.2, -0.15) is 0 Å². The Morgan fingerprint density at radius 1 is 1.11 bits per heavy atom. The van der Waals surface area contributed by atoms with Crippen LogP contribution in [0.2, 0.25) is 0 Å². The summed E-state index contributed by atoms with van der Waals surface area (Å²) in [5.41, 5.74) is 2.75. The number of hydrogen-bond donors (Lipinski definition) is 0. The number of amides is 1. The predicted octanol–water partition coefficient (Wildman–Crippen LogP) is 4.19. The third-order valence-electron chi connectivity index (χ3n) is 4.48. The molecule has 0 aliphatic carbocycles. The fraction of sp³-hybridized carbons (Fsp3) is 0.273. The number of carbonyl (C=O) groups excluding carboxylic acids is 2. The molecule has 0 saturated heterocycles. The van der Waals surface area contributed by atoms with E-state index in [0.717, 1.165) is 16.5 Å². The van der Waals surface area contributed by atoms with Crippen LogP contribution in [0.3, 0.4) is 0 Å². The Morgan fingerprint density at radius 2 is 1.85 bits per heavy atom. The Hall–Kier alpha value is -3.08. The van der Waals surface area contributed by atoms with Crippen LogP contribution in [-0.4, -0.2) is 30.4 Å². The Morgan fingerprint density at radius 3 is 2.56 bits per heavy atom. The molecule has 0 aliphatic heterocycles. The van der Waals surface area contributed by atoms with Gasteiger partial charge in [0.2, 0.25) is 0 Å². The van der Waals surface area contributed by atoms with Crippen molar-refractivity contribution in [3.63, 3.8) is 0 Å². The van der Waals surface area contributed by atoms with Gasteiger partial charge in [0.25, 0.3) is 5.91 Å². The molecule has 1 amide bonds. The van der Waals surface area contributed by atoms with Gasteiger partial charge in [-0.3, -0.25) is 9.59 Å². The molecule has 5 heteroatoms. The molecule has 0 fully saturated rings. The van der Waals surface area contributed by atoms with Crippen molar-refractivity contribution in [3.05, 3.63) is 71.5 Å². The summed E-state index contributed by atoms with van der Waals surface area (Å²) in [4.78, 5) is 26.6. The first-order chi connectivity index (χ1) is 13.0. The zero-order valence-corrected chi connectivity index (χ0v) is 15.8. The number of nitrogens with zero attached hydrogens (tertiary/aromatic N) is 1. The van der Waals surface area contributed by atoms with Crippen LogP contribution >= 0.6 is 0 Å². The number of hydrogen-bond acceptors (Lipinski definition) is 4. The van der Waals surface area contributed by atoms with Crippen LogP contribution in [0.1, 0.15) is 28.6 Å². The highest BCUT2D eigenvalue weighted by molar-refractivity contribution is 5.96. The van der Waals surface area contributed by atoms with E-state index in [1.807, 2.05) is 55.5 Å². The number of esters is 1. The topological polar surface area (TPSA) is 59.8 Å². The van der Waals surface area contributed by atoms with Gasteiger partial charge in [0.1, 0.15) is 5.58 Å². The minimum absolute atomic E-state index is 0.247. The molecule has 5 nitrogen and oxygen atoms in total. The largest absolute Gasteiger partial charge is 0.469 e. The van der Waals surface area contributed by atoms with E-state index >= 15 is 0 Å². The van der Waals surface area contributed by atoms with E-state index in [0.29, 0.717) is 12.1 Å². The lowest BCUT2D eigenvalue weighted by atomic mass is 10.1. The van der Waals surface area contributed by atoms with Crippen LogP contribution in [0.4, 0.5) is 0 Å². The van der Waals surface area contributed by atoms with E-state index in [2.05, 4.69) is 0 Å². The van der Waals surface area contributed by atoms with E-state index in [9.17, 15) is 9.59 Å². The van der Waals surface area contributed by atoms with Gasteiger partial charge in [0.15, 0.2) is 5.76 Å². The minimum atomic E-state index is -0.436. The van der Waals surface area contributed by atoms with E-state index in [1.165, 1.54) is 7.11 Å². The second-order valence-corrected chi connectivity index (χ2v) is 6.75. The fourth-order valence-corrected chi connectivity index (χ4v) is 3.05. The van der Waals surface area contributed by atoms with Crippen LogP contribution in [0.5, 0.6) is 0 Å². The van der Waals surface area contributed by atoms with Crippen molar-refractivity contribution in [2.24, 2.45) is 5.92 Å². The highest BCUT2D eigenvalue weighted by Gasteiger charge is 2.25. The monoisotopic (exact) mass is 365 g/mol. The second-order valence-electron chi connectivity index (χ2n) is 6.75. The third kappa shape index (κ3) is 4.37. The Labute approximate surface area is 158 Å². The van der Waals surface area contributed by atoms with E-state index < -0.39 is 5.92 Å². The van der Waals surface area contributed by atoms with Crippen LogP contribution in [0.15, 0.2) is 59.0 Å². The summed E-state index contributed by atoms with van der Waals surface area (Å²) in [6, 6.07) is 17.2. The molecule has 1 heterocycles. The molecule has 1 unspecified atom stereocenters. The highest BCUT2D eigenvalue weighted by atomic mass is 16.5. The van der Waals surface area contributed by atoms with Crippen molar-refractivity contribution in [1.29, 1.82) is 0 Å². The maximum atomic E-state index is 13.1. The maximum Gasteiger partial charge on any atom is 0.310 e. The first-order valence-corrected chi connectivity index (χ1v) is 8.89. The average Bonchev–Trinajstić information content (AvgIpc) is 3.10. The van der Waals surface area contributed by atoms with Gasteiger partial charge in [-0.1, -0.05) is 48.9 Å². The second kappa shape index (κ2) is 8.08. The number of ether oxygens (including phenoxy) is 1. The molecule has 27 heavy (non-hydrogen) atoms. The number of furan rings is 1.